The van der Waals surface area contributed by atoms with Crippen molar-refractivity contribution in [3.63, 3.8) is 0 Å². The lowest BCUT2D eigenvalue weighted by molar-refractivity contribution is -0.142. The van der Waals surface area contributed by atoms with E-state index in [1.54, 1.807) is 24.3 Å². The topological polar surface area (TPSA) is 92.9 Å². The zero-order chi connectivity index (χ0) is 14.6. The van der Waals surface area contributed by atoms with E-state index in [2.05, 4.69) is 0 Å². The van der Waals surface area contributed by atoms with Crippen LogP contribution in [0.2, 0.25) is 0 Å². The fourth-order valence-electron chi connectivity index (χ4n) is 1.46. The van der Waals surface area contributed by atoms with E-state index >= 15 is 0 Å². The molecule has 0 aromatic heterocycles. The van der Waals surface area contributed by atoms with Gasteiger partial charge in [0.15, 0.2) is 6.04 Å². The normalized spacial score (nSPS) is 12.1. The molecule has 0 saturated heterocycles. The number of benzene rings is 1. The average molecular weight is 266 g/mol. The lowest BCUT2D eigenvalue weighted by Crippen LogP contribution is -2.46. The summed E-state index contributed by atoms with van der Waals surface area (Å²) in [6.07, 6.45) is 0.0608. The summed E-state index contributed by atoms with van der Waals surface area (Å²) >= 11 is 0. The molecule has 1 amide bonds. The summed E-state index contributed by atoms with van der Waals surface area (Å²) in [5.41, 5.74) is 5.83. The quantitative estimate of drug-likeness (QED) is 0.771. The Hall–Kier alpha value is -2.08. The van der Waals surface area contributed by atoms with Gasteiger partial charge >= 0.3 is 5.97 Å². The predicted octanol–water partition coefficient (Wildman–Crippen LogP) is 0.848. The maximum atomic E-state index is 11.7. The van der Waals surface area contributed by atoms with Crippen molar-refractivity contribution < 1.29 is 19.4 Å². The van der Waals surface area contributed by atoms with Crippen molar-refractivity contribution in [3.05, 3.63) is 24.3 Å². The first-order chi connectivity index (χ1) is 8.82. The predicted molar refractivity (Wildman–Crippen MR) is 71.2 cm³/mol. The molecule has 1 rings (SSSR count). The van der Waals surface area contributed by atoms with Crippen molar-refractivity contribution in [1.29, 1.82) is 0 Å². The Kier molecular flexibility index (Phi) is 4.88. The molecule has 0 fully saturated rings. The summed E-state index contributed by atoms with van der Waals surface area (Å²) in [4.78, 5) is 23.6. The molecule has 6 nitrogen and oxygen atoms in total. The highest BCUT2D eigenvalue weighted by Crippen LogP contribution is 2.19. The highest BCUT2D eigenvalue weighted by atomic mass is 16.5. The summed E-state index contributed by atoms with van der Waals surface area (Å²) in [7, 11) is 1.48. The number of carboxylic acids is 1. The van der Waals surface area contributed by atoms with Crippen molar-refractivity contribution in [2.45, 2.75) is 26.0 Å². The van der Waals surface area contributed by atoms with Gasteiger partial charge < -0.3 is 20.5 Å². The Labute approximate surface area is 111 Å². The van der Waals surface area contributed by atoms with Crippen LogP contribution in [0.5, 0.6) is 5.75 Å². The van der Waals surface area contributed by atoms with Crippen molar-refractivity contribution in [2.75, 3.05) is 11.9 Å². The number of aliphatic carboxylic acids is 1. The molecule has 104 valence electrons. The second kappa shape index (κ2) is 6.19. The van der Waals surface area contributed by atoms with Crippen molar-refractivity contribution >= 4 is 17.6 Å². The molecule has 0 heterocycles. The zero-order valence-electron chi connectivity index (χ0n) is 11.2. The van der Waals surface area contributed by atoms with Crippen LogP contribution in [0.3, 0.4) is 0 Å². The van der Waals surface area contributed by atoms with Crippen molar-refractivity contribution in [1.82, 2.24) is 0 Å². The summed E-state index contributed by atoms with van der Waals surface area (Å²) in [6, 6.07) is 5.21. The number of nitrogens with two attached hydrogens (primary N) is 1. The van der Waals surface area contributed by atoms with Gasteiger partial charge in [-0.3, -0.25) is 4.79 Å². The molecular formula is C13H18N2O4. The summed E-state index contributed by atoms with van der Waals surface area (Å²) in [5.74, 6) is -1.34. The van der Waals surface area contributed by atoms with Crippen LogP contribution < -0.4 is 15.4 Å². The molecule has 0 aliphatic carbocycles. The summed E-state index contributed by atoms with van der Waals surface area (Å²) in [5, 5.41) is 8.70. The van der Waals surface area contributed by atoms with Gasteiger partial charge in [0, 0.05) is 12.7 Å². The fourth-order valence-corrected chi connectivity index (χ4v) is 1.46. The fraction of sp³-hybridized carbons (Fsp3) is 0.385. The molecule has 19 heavy (non-hydrogen) atoms. The first-order valence-electron chi connectivity index (χ1n) is 5.85. The highest BCUT2D eigenvalue weighted by molar-refractivity contribution is 6.08. The Balaban J connectivity index is 2.80. The number of likely N-dealkylation sites (N-methyl/N-ethyl adjacent to an activating group) is 1. The van der Waals surface area contributed by atoms with E-state index in [4.69, 9.17) is 15.6 Å². The van der Waals surface area contributed by atoms with Gasteiger partial charge in [0.1, 0.15) is 5.75 Å². The minimum Gasteiger partial charge on any atom is -0.491 e. The molecule has 0 aliphatic rings. The number of carboxylic acid groups (broad SMARTS) is 1. The molecule has 0 saturated carbocycles. The number of amides is 1. The van der Waals surface area contributed by atoms with Gasteiger partial charge in [0.05, 0.1) is 6.10 Å². The van der Waals surface area contributed by atoms with Crippen LogP contribution in [0.1, 0.15) is 13.8 Å². The van der Waals surface area contributed by atoms with E-state index in [9.17, 15) is 9.59 Å². The van der Waals surface area contributed by atoms with Crippen LogP contribution in [0.4, 0.5) is 5.69 Å². The Bertz CT molecular complexity index is 456. The van der Waals surface area contributed by atoms with Gasteiger partial charge in [-0.2, -0.15) is 0 Å². The Morgan fingerprint density at radius 3 is 2.21 bits per heavy atom. The standard InChI is InChI=1S/C13H18N2O4/c1-8(2)19-10-6-4-9(5-7-10)15(3)12(16)11(14)13(17)18/h4-8,11H,14H2,1-3H3,(H,17,18). The number of anilines is 1. The number of nitrogens with zero attached hydrogens (tertiary/aromatic N) is 1. The van der Waals surface area contributed by atoms with Gasteiger partial charge in [-0.1, -0.05) is 0 Å². The van der Waals surface area contributed by atoms with Crippen LogP contribution in [-0.2, 0) is 9.59 Å². The second-order valence-electron chi connectivity index (χ2n) is 4.37. The molecule has 6 heteroatoms. The lowest BCUT2D eigenvalue weighted by atomic mass is 10.2. The van der Waals surface area contributed by atoms with Gasteiger partial charge in [-0.25, -0.2) is 4.79 Å². The van der Waals surface area contributed by atoms with Crippen LogP contribution in [0.25, 0.3) is 0 Å². The third-order valence-electron chi connectivity index (χ3n) is 2.46. The van der Waals surface area contributed by atoms with E-state index in [1.807, 2.05) is 13.8 Å². The van der Waals surface area contributed by atoms with Crippen LogP contribution >= 0.6 is 0 Å². The summed E-state index contributed by atoms with van der Waals surface area (Å²) in [6.45, 7) is 3.82. The molecule has 3 N–H and O–H groups in total. The van der Waals surface area contributed by atoms with E-state index in [0.717, 1.165) is 0 Å². The molecule has 1 aromatic carbocycles. The molecule has 0 aliphatic heterocycles. The average Bonchev–Trinajstić information content (AvgIpc) is 2.36. The van der Waals surface area contributed by atoms with Gasteiger partial charge in [-0.05, 0) is 38.1 Å². The third kappa shape index (κ3) is 3.96. The molecule has 0 bridgehead atoms. The van der Waals surface area contributed by atoms with E-state index < -0.39 is 17.9 Å². The van der Waals surface area contributed by atoms with E-state index in [1.165, 1.54) is 11.9 Å². The molecular weight excluding hydrogens is 248 g/mol. The van der Waals surface area contributed by atoms with Crippen LogP contribution in [-0.4, -0.2) is 36.2 Å². The van der Waals surface area contributed by atoms with Gasteiger partial charge in [0.25, 0.3) is 5.91 Å². The molecule has 1 aromatic rings. The minimum absolute atomic E-state index is 0.0608. The van der Waals surface area contributed by atoms with E-state index in [0.29, 0.717) is 11.4 Å². The third-order valence-corrected chi connectivity index (χ3v) is 2.46. The maximum absolute atomic E-state index is 11.7. The molecule has 1 unspecified atom stereocenters. The van der Waals surface area contributed by atoms with E-state index in [-0.39, 0.29) is 6.10 Å². The largest absolute Gasteiger partial charge is 0.491 e. The van der Waals surface area contributed by atoms with Crippen molar-refractivity contribution in [2.24, 2.45) is 5.73 Å². The van der Waals surface area contributed by atoms with Gasteiger partial charge in [-0.15, -0.1) is 0 Å². The Morgan fingerprint density at radius 2 is 1.79 bits per heavy atom. The smallest absolute Gasteiger partial charge is 0.330 e. The minimum atomic E-state index is -1.56. The highest BCUT2D eigenvalue weighted by Gasteiger charge is 2.25. The number of ether oxygens (including phenoxy) is 1. The lowest BCUT2D eigenvalue weighted by Gasteiger charge is -2.20. The number of carbonyl (C=O) groups is 2. The number of rotatable bonds is 5. The van der Waals surface area contributed by atoms with Crippen LogP contribution in [0.15, 0.2) is 24.3 Å². The first kappa shape index (κ1) is 15.0. The Morgan fingerprint density at radius 1 is 1.26 bits per heavy atom. The van der Waals surface area contributed by atoms with Crippen molar-refractivity contribution in [3.8, 4) is 5.75 Å². The SMILES string of the molecule is CC(C)Oc1ccc(N(C)C(=O)C(N)C(=O)O)cc1. The maximum Gasteiger partial charge on any atom is 0.330 e. The van der Waals surface area contributed by atoms with Gasteiger partial charge in [0.2, 0.25) is 0 Å². The summed E-state index contributed by atoms with van der Waals surface area (Å²) < 4.78 is 5.47. The number of hydrogen-bond acceptors (Lipinski definition) is 4. The monoisotopic (exact) mass is 266 g/mol. The second-order valence-corrected chi connectivity index (χ2v) is 4.37. The first-order valence-corrected chi connectivity index (χ1v) is 5.85. The molecule has 0 radical (unpaired) electrons. The molecule has 0 spiro atoms. The number of hydrogen-bond donors (Lipinski definition) is 2. The zero-order valence-corrected chi connectivity index (χ0v) is 11.2. The van der Waals surface area contributed by atoms with Crippen LogP contribution in [0, 0.1) is 0 Å². The number of carbonyl (C=O) groups excluding carboxylic acids is 1. The molecule has 1 atom stereocenters.